The van der Waals surface area contributed by atoms with Gasteiger partial charge in [-0.2, -0.15) is 0 Å². The summed E-state index contributed by atoms with van der Waals surface area (Å²) in [5.41, 5.74) is 0. The largest absolute Gasteiger partial charge is 0.481 e. The van der Waals surface area contributed by atoms with Gasteiger partial charge in [0, 0.05) is 19.3 Å². The van der Waals surface area contributed by atoms with Crippen LogP contribution in [0.3, 0.4) is 0 Å². The summed E-state index contributed by atoms with van der Waals surface area (Å²) in [4.78, 5) is 43.1. The van der Waals surface area contributed by atoms with E-state index in [0.29, 0.717) is 19.3 Å². The minimum Gasteiger partial charge on any atom is -0.481 e. The summed E-state index contributed by atoms with van der Waals surface area (Å²) < 4.78 is 9.29. The van der Waals surface area contributed by atoms with Crippen LogP contribution in [0.1, 0.15) is 135 Å². The Morgan fingerprint density at radius 2 is 0.850 bits per heavy atom. The number of carbonyl (C=O) groups is 4. The SMILES string of the molecule is C=CC(CCCCCCCCCCC(=O)O)C(=O)O.C=COC(=O)CCCCCCCCCCCC(=O)OC=C. The molecule has 0 aliphatic carbocycles. The van der Waals surface area contributed by atoms with Crippen LogP contribution in [-0.2, 0) is 28.7 Å². The van der Waals surface area contributed by atoms with Crippen LogP contribution in [0, 0.1) is 5.92 Å². The zero-order valence-electron chi connectivity index (χ0n) is 24.6. The van der Waals surface area contributed by atoms with Crippen molar-refractivity contribution in [1.29, 1.82) is 0 Å². The van der Waals surface area contributed by atoms with Crippen molar-refractivity contribution in [3.63, 3.8) is 0 Å². The fourth-order valence-corrected chi connectivity index (χ4v) is 4.12. The van der Waals surface area contributed by atoms with Gasteiger partial charge in [0.05, 0.1) is 18.4 Å². The molecule has 0 fully saturated rings. The topological polar surface area (TPSA) is 127 Å². The van der Waals surface area contributed by atoms with Crippen molar-refractivity contribution in [2.45, 2.75) is 135 Å². The highest BCUT2D eigenvalue weighted by atomic mass is 16.5. The molecule has 0 aliphatic rings. The summed E-state index contributed by atoms with van der Waals surface area (Å²) in [7, 11) is 0. The fraction of sp³-hybridized carbons (Fsp3) is 0.688. The van der Waals surface area contributed by atoms with Gasteiger partial charge < -0.3 is 19.7 Å². The Morgan fingerprint density at radius 3 is 1.15 bits per heavy atom. The maximum absolute atomic E-state index is 11.0. The predicted molar refractivity (Wildman–Crippen MR) is 158 cm³/mol. The molecule has 8 nitrogen and oxygen atoms in total. The molecular formula is C32H54O8. The van der Waals surface area contributed by atoms with E-state index in [1.54, 1.807) is 0 Å². The van der Waals surface area contributed by atoms with E-state index in [-0.39, 0.29) is 18.4 Å². The van der Waals surface area contributed by atoms with Crippen LogP contribution >= 0.6 is 0 Å². The van der Waals surface area contributed by atoms with E-state index in [9.17, 15) is 19.2 Å². The van der Waals surface area contributed by atoms with Gasteiger partial charge >= 0.3 is 23.9 Å². The smallest absolute Gasteiger partial charge is 0.310 e. The summed E-state index contributed by atoms with van der Waals surface area (Å²) in [5.74, 6) is -2.29. The molecule has 0 saturated carbocycles. The van der Waals surface area contributed by atoms with Gasteiger partial charge in [-0.1, -0.05) is 109 Å². The molecule has 40 heavy (non-hydrogen) atoms. The van der Waals surface area contributed by atoms with Crippen molar-refractivity contribution in [1.82, 2.24) is 0 Å². The molecule has 230 valence electrons. The molecule has 0 aromatic heterocycles. The number of hydrogen-bond donors (Lipinski definition) is 2. The first kappa shape index (κ1) is 39.2. The van der Waals surface area contributed by atoms with Gasteiger partial charge in [-0.25, -0.2) is 0 Å². The Hall–Kier alpha value is -2.90. The van der Waals surface area contributed by atoms with Crippen molar-refractivity contribution in [2.24, 2.45) is 5.92 Å². The van der Waals surface area contributed by atoms with E-state index in [2.05, 4.69) is 29.2 Å². The number of hydrogen-bond acceptors (Lipinski definition) is 6. The van der Waals surface area contributed by atoms with Crippen LogP contribution in [0.4, 0.5) is 0 Å². The zero-order chi connectivity index (χ0) is 30.3. The third-order valence-corrected chi connectivity index (χ3v) is 6.45. The van der Waals surface area contributed by atoms with Gasteiger partial charge in [-0.15, -0.1) is 6.58 Å². The molecule has 1 atom stereocenters. The van der Waals surface area contributed by atoms with Gasteiger partial charge in [0.25, 0.3) is 0 Å². The first-order valence-corrected chi connectivity index (χ1v) is 15.0. The Balaban J connectivity index is 0. The Kier molecular flexibility index (Phi) is 30.1. The molecule has 0 aromatic carbocycles. The number of carboxylic acids is 2. The molecule has 0 amide bonds. The third kappa shape index (κ3) is 31.3. The molecule has 0 spiro atoms. The second-order valence-electron chi connectivity index (χ2n) is 9.94. The standard InChI is InChI=1S/C17H28O4.C15H26O4/c1-3-20-16(18)14-12-10-8-6-5-7-9-11-13-15-17(19)21-4-2;1-2-13(15(18)19)11-9-7-5-3-4-6-8-10-12-14(16)17/h3-4H,1-2,5-15H2;2,13H,1,3-12H2,(H,16,17)(H,18,19). The lowest BCUT2D eigenvalue weighted by Crippen LogP contribution is -2.10. The lowest BCUT2D eigenvalue weighted by molar-refractivity contribution is -0.140. The first-order valence-electron chi connectivity index (χ1n) is 15.0. The molecule has 0 heterocycles. The molecule has 1 unspecified atom stereocenters. The van der Waals surface area contributed by atoms with Gasteiger partial charge in [0.15, 0.2) is 0 Å². The second kappa shape index (κ2) is 30.6. The van der Waals surface area contributed by atoms with Crippen LogP contribution in [0.15, 0.2) is 38.3 Å². The van der Waals surface area contributed by atoms with Crippen LogP contribution in [0.2, 0.25) is 0 Å². The summed E-state index contributed by atoms with van der Waals surface area (Å²) in [5, 5.41) is 17.3. The predicted octanol–water partition coefficient (Wildman–Crippen LogP) is 8.51. The minimum absolute atomic E-state index is 0.194. The maximum Gasteiger partial charge on any atom is 0.310 e. The summed E-state index contributed by atoms with van der Waals surface area (Å²) in [6.07, 6.45) is 23.9. The Bertz CT molecular complexity index is 671. The fourth-order valence-electron chi connectivity index (χ4n) is 4.12. The number of aliphatic carboxylic acids is 2. The van der Waals surface area contributed by atoms with E-state index in [1.165, 1.54) is 37.9 Å². The minimum atomic E-state index is -0.784. The normalized spacial score (nSPS) is 10.9. The van der Waals surface area contributed by atoms with Crippen LogP contribution in [0.25, 0.3) is 0 Å². The Morgan fingerprint density at radius 1 is 0.525 bits per heavy atom. The van der Waals surface area contributed by atoms with Crippen LogP contribution in [-0.4, -0.2) is 34.1 Å². The highest BCUT2D eigenvalue weighted by Crippen LogP contribution is 2.15. The van der Waals surface area contributed by atoms with E-state index < -0.39 is 17.9 Å². The van der Waals surface area contributed by atoms with Gasteiger partial charge in [-0.3, -0.25) is 19.2 Å². The average Bonchev–Trinajstić information content (AvgIpc) is 2.90. The lowest BCUT2D eigenvalue weighted by atomic mass is 10.00. The molecule has 0 aliphatic heterocycles. The maximum atomic E-state index is 11.0. The summed E-state index contributed by atoms with van der Waals surface area (Å²) >= 11 is 0. The van der Waals surface area contributed by atoms with E-state index in [4.69, 9.17) is 10.2 Å². The molecule has 0 aromatic rings. The second-order valence-corrected chi connectivity index (χ2v) is 9.94. The molecule has 0 radical (unpaired) electrons. The van der Waals surface area contributed by atoms with E-state index >= 15 is 0 Å². The van der Waals surface area contributed by atoms with Gasteiger partial charge in [0.1, 0.15) is 0 Å². The van der Waals surface area contributed by atoms with Crippen molar-refractivity contribution >= 4 is 23.9 Å². The van der Waals surface area contributed by atoms with Gasteiger partial charge in [0.2, 0.25) is 0 Å². The van der Waals surface area contributed by atoms with Crippen molar-refractivity contribution < 1.29 is 38.9 Å². The number of esters is 2. The number of carboxylic acid groups (broad SMARTS) is 2. The summed E-state index contributed by atoms with van der Waals surface area (Å²) in [6.45, 7) is 10.2. The first-order chi connectivity index (χ1) is 19.3. The lowest BCUT2D eigenvalue weighted by Gasteiger charge is -2.06. The molecule has 0 rings (SSSR count). The van der Waals surface area contributed by atoms with Crippen molar-refractivity contribution in [3.8, 4) is 0 Å². The molecule has 0 bridgehead atoms. The molecule has 8 heteroatoms. The monoisotopic (exact) mass is 566 g/mol. The van der Waals surface area contributed by atoms with Crippen LogP contribution in [0.5, 0.6) is 0 Å². The van der Waals surface area contributed by atoms with Crippen molar-refractivity contribution in [2.75, 3.05) is 0 Å². The molecule has 0 saturated heterocycles. The van der Waals surface area contributed by atoms with Crippen molar-refractivity contribution in [3.05, 3.63) is 38.3 Å². The summed E-state index contributed by atoms with van der Waals surface area (Å²) in [6, 6.07) is 0. The quantitative estimate of drug-likeness (QED) is 0.0438. The van der Waals surface area contributed by atoms with E-state index in [0.717, 1.165) is 89.9 Å². The third-order valence-electron chi connectivity index (χ3n) is 6.45. The highest BCUT2D eigenvalue weighted by Gasteiger charge is 2.11. The van der Waals surface area contributed by atoms with Gasteiger partial charge in [-0.05, 0) is 25.7 Å². The van der Waals surface area contributed by atoms with E-state index in [1.807, 2.05) is 0 Å². The number of carbonyl (C=O) groups excluding carboxylic acids is 2. The number of ether oxygens (including phenoxy) is 2. The zero-order valence-corrected chi connectivity index (χ0v) is 24.6. The number of unbranched alkanes of at least 4 members (excludes halogenated alkanes) is 15. The molecular weight excluding hydrogens is 512 g/mol. The van der Waals surface area contributed by atoms with Crippen LogP contribution < -0.4 is 0 Å². The Labute approximate surface area is 241 Å². The molecule has 2 N–H and O–H groups in total. The number of rotatable bonds is 27. The average molecular weight is 567 g/mol. The highest BCUT2D eigenvalue weighted by molar-refractivity contribution is 5.72.